The summed E-state index contributed by atoms with van der Waals surface area (Å²) in [5.74, 6) is 0. The van der Waals surface area contributed by atoms with E-state index in [1.54, 1.807) is 0 Å². The Morgan fingerprint density at radius 2 is 0.302 bits per heavy atom. The number of fused-ring (bicyclic) bond motifs is 14. The first-order valence-electron chi connectivity index (χ1n) is 35.6. The molecule has 6 aliphatic rings. The van der Waals surface area contributed by atoms with Crippen LogP contribution in [0.25, 0.3) is 66.8 Å². The minimum Gasteiger partial charge on any atom is -0.0877 e. The van der Waals surface area contributed by atoms with Crippen molar-refractivity contribution < 1.29 is 0 Å². The molecule has 0 saturated carbocycles. The molecule has 106 heavy (non-hydrogen) atoms. The van der Waals surface area contributed by atoms with Gasteiger partial charge in [-0.05, 0) is 184 Å². The molecule has 500 valence electrons. The van der Waals surface area contributed by atoms with Gasteiger partial charge >= 0.3 is 0 Å². The van der Waals surface area contributed by atoms with E-state index in [1.165, 1.54) is 190 Å². The number of benzene rings is 16. The molecule has 16 aromatic carbocycles. The number of hydrogen-bond acceptors (Lipinski definition) is 8. The SMILES string of the molecule is c1ccc2c(c1)Sc1cccc(-c3ccc(C4(c5ccc(-c6cccc7c6Sc6ccccc6S7)cc5)c5ccccc5-c5ccccc54)cc3)c1S2.c1ccc2c(c1)Sc1cccc(-c3ccc(C4(c5ccc(-c6cccc7c6Sc6ccccc6S7)cc5)c5ccccc5-c5ccccc54)cc3)c1S2. The Hall–Kier alpha value is -9.68. The standard InChI is InChI=1S/2C49H30S4/c2*1-3-15-39-37(11-1)38-12-2-4-16-40(38)49(39,33-27-23-31(24-28-33)35-13-9-21-45-47(35)52-43-19-7-5-17-41(43)50-45)34-29-25-32(26-30-34)36-14-10-22-46-48(36)53-44-20-8-6-18-42(44)51-46/h2*1-30H. The Morgan fingerprint density at radius 1 is 0.132 bits per heavy atom. The van der Waals surface area contributed by atoms with Gasteiger partial charge in [-0.1, -0.05) is 385 Å². The van der Waals surface area contributed by atoms with Crippen molar-refractivity contribution in [3.63, 3.8) is 0 Å². The van der Waals surface area contributed by atoms with Crippen molar-refractivity contribution in [3.05, 3.63) is 408 Å². The highest BCUT2D eigenvalue weighted by Crippen LogP contribution is 2.61. The monoisotopic (exact) mass is 1490 g/mol. The normalized spacial score (nSPS) is 14.3. The first-order valence-corrected chi connectivity index (χ1v) is 42.2. The molecule has 0 nitrogen and oxygen atoms in total. The molecule has 8 heteroatoms. The highest BCUT2D eigenvalue weighted by molar-refractivity contribution is 8.06. The molecular formula is C98H60S8. The summed E-state index contributed by atoms with van der Waals surface area (Å²) >= 11 is 15.1. The predicted molar refractivity (Wildman–Crippen MR) is 448 cm³/mol. The lowest BCUT2D eigenvalue weighted by Crippen LogP contribution is -2.28. The van der Waals surface area contributed by atoms with Crippen molar-refractivity contribution in [3.8, 4) is 66.8 Å². The maximum atomic E-state index is 2.38. The summed E-state index contributed by atoms with van der Waals surface area (Å²) < 4.78 is 0. The van der Waals surface area contributed by atoms with Crippen molar-refractivity contribution in [1.29, 1.82) is 0 Å². The second-order valence-electron chi connectivity index (χ2n) is 27.1. The van der Waals surface area contributed by atoms with Gasteiger partial charge in [-0.15, -0.1) is 0 Å². The van der Waals surface area contributed by atoms with E-state index >= 15 is 0 Å². The van der Waals surface area contributed by atoms with E-state index in [-0.39, 0.29) is 0 Å². The summed E-state index contributed by atoms with van der Waals surface area (Å²) in [5.41, 5.74) is 24.9. The lowest BCUT2D eigenvalue weighted by Gasteiger charge is -2.34. The van der Waals surface area contributed by atoms with Crippen LogP contribution in [0.3, 0.4) is 0 Å². The van der Waals surface area contributed by atoms with E-state index in [9.17, 15) is 0 Å². The largest absolute Gasteiger partial charge is 0.0877 e. The average Bonchev–Trinajstić information content (AvgIpc) is 1.54. The second-order valence-corrected chi connectivity index (χ2v) is 35.7. The third-order valence-electron chi connectivity index (χ3n) is 21.5. The summed E-state index contributed by atoms with van der Waals surface area (Å²) in [7, 11) is 0. The van der Waals surface area contributed by atoms with Gasteiger partial charge in [-0.3, -0.25) is 0 Å². The fourth-order valence-electron chi connectivity index (χ4n) is 16.8. The van der Waals surface area contributed by atoms with Crippen LogP contribution in [0.15, 0.2) is 442 Å². The van der Waals surface area contributed by atoms with E-state index in [0.717, 1.165) is 0 Å². The van der Waals surface area contributed by atoms with Gasteiger partial charge in [0.05, 0.1) is 10.8 Å². The maximum Gasteiger partial charge on any atom is 0.0713 e. The third kappa shape index (κ3) is 10.6. The van der Waals surface area contributed by atoms with Gasteiger partial charge in [0.15, 0.2) is 0 Å². The van der Waals surface area contributed by atoms with Gasteiger partial charge in [0.25, 0.3) is 0 Å². The highest BCUT2D eigenvalue weighted by atomic mass is 32.2. The number of hydrogen-bond donors (Lipinski definition) is 0. The van der Waals surface area contributed by atoms with Crippen LogP contribution in [-0.2, 0) is 10.8 Å². The molecule has 0 fully saturated rings. The molecule has 0 radical (unpaired) electrons. The molecule has 0 aromatic heterocycles. The fourth-order valence-corrected chi connectivity index (χ4v) is 26.4. The second kappa shape index (κ2) is 26.7. The zero-order valence-electron chi connectivity index (χ0n) is 56.9. The van der Waals surface area contributed by atoms with E-state index in [2.05, 4.69) is 364 Å². The molecule has 0 bridgehead atoms. The molecule has 2 aliphatic carbocycles. The van der Waals surface area contributed by atoms with Crippen molar-refractivity contribution in [2.75, 3.05) is 0 Å². The Bertz CT molecular complexity index is 5460. The third-order valence-corrected chi connectivity index (χ3v) is 31.9. The maximum absolute atomic E-state index is 2.38. The lowest BCUT2D eigenvalue weighted by molar-refractivity contribution is 0.768. The molecular weight excluding hydrogens is 1430 g/mol. The Morgan fingerprint density at radius 3 is 0.519 bits per heavy atom. The topological polar surface area (TPSA) is 0 Å². The summed E-state index contributed by atoms with van der Waals surface area (Å²) in [6.45, 7) is 0. The molecule has 16 aromatic rings. The van der Waals surface area contributed by atoms with Crippen molar-refractivity contribution in [1.82, 2.24) is 0 Å². The smallest absolute Gasteiger partial charge is 0.0713 e. The zero-order valence-corrected chi connectivity index (χ0v) is 63.4. The quantitative estimate of drug-likeness (QED) is 0.146. The van der Waals surface area contributed by atoms with E-state index in [4.69, 9.17) is 0 Å². The summed E-state index contributed by atoms with van der Waals surface area (Å²) in [6, 6.07) is 136. The van der Waals surface area contributed by atoms with Crippen LogP contribution in [0, 0.1) is 0 Å². The van der Waals surface area contributed by atoms with Crippen LogP contribution in [0.1, 0.15) is 44.5 Å². The van der Waals surface area contributed by atoms with Gasteiger partial charge in [0.2, 0.25) is 0 Å². The van der Waals surface area contributed by atoms with E-state index < -0.39 is 10.8 Å². The molecule has 4 aliphatic heterocycles. The van der Waals surface area contributed by atoms with E-state index in [1.807, 2.05) is 94.1 Å². The Kier molecular flexibility index (Phi) is 16.3. The highest BCUT2D eigenvalue weighted by Gasteiger charge is 2.48. The van der Waals surface area contributed by atoms with Gasteiger partial charge < -0.3 is 0 Å². The average molecular weight is 1490 g/mol. The molecule has 0 amide bonds. The Balaban J connectivity index is 0.000000136. The number of rotatable bonds is 8. The van der Waals surface area contributed by atoms with E-state index in [0.29, 0.717) is 0 Å². The molecule has 0 unspecified atom stereocenters. The zero-order chi connectivity index (χ0) is 69.9. The van der Waals surface area contributed by atoms with Crippen LogP contribution >= 0.6 is 94.1 Å². The fraction of sp³-hybridized carbons (Fsp3) is 0.0204. The van der Waals surface area contributed by atoms with Gasteiger partial charge in [-0.25, -0.2) is 0 Å². The molecule has 0 saturated heterocycles. The molecule has 4 heterocycles. The molecule has 0 N–H and O–H groups in total. The van der Waals surface area contributed by atoms with Crippen molar-refractivity contribution in [2.45, 2.75) is 89.2 Å². The van der Waals surface area contributed by atoms with Gasteiger partial charge in [0, 0.05) is 78.3 Å². The molecule has 0 atom stereocenters. The predicted octanol–water partition coefficient (Wildman–Crippen LogP) is 29.2. The van der Waals surface area contributed by atoms with Crippen LogP contribution in [0.2, 0.25) is 0 Å². The summed E-state index contributed by atoms with van der Waals surface area (Å²) in [5, 5.41) is 0. The first-order chi connectivity index (χ1) is 52.5. The minimum absolute atomic E-state index is 0.455. The van der Waals surface area contributed by atoms with Crippen LogP contribution < -0.4 is 0 Å². The molecule has 22 rings (SSSR count). The summed E-state index contributed by atoms with van der Waals surface area (Å²) in [6.07, 6.45) is 0. The molecule has 0 spiro atoms. The van der Waals surface area contributed by atoms with Gasteiger partial charge in [-0.2, -0.15) is 0 Å². The summed E-state index contributed by atoms with van der Waals surface area (Å²) in [4.78, 5) is 21.3. The van der Waals surface area contributed by atoms with Crippen molar-refractivity contribution in [2.24, 2.45) is 0 Å². The van der Waals surface area contributed by atoms with Crippen LogP contribution in [-0.4, -0.2) is 0 Å². The van der Waals surface area contributed by atoms with Crippen LogP contribution in [0.5, 0.6) is 0 Å². The lowest BCUT2D eigenvalue weighted by atomic mass is 9.67. The van der Waals surface area contributed by atoms with Crippen molar-refractivity contribution >= 4 is 94.1 Å². The minimum atomic E-state index is -0.455. The first kappa shape index (κ1) is 64.7. The van der Waals surface area contributed by atoms with Crippen LogP contribution in [0.4, 0.5) is 0 Å². The Labute approximate surface area is 652 Å². The van der Waals surface area contributed by atoms with Gasteiger partial charge in [0.1, 0.15) is 0 Å².